The van der Waals surface area contributed by atoms with Crippen molar-refractivity contribution >= 4 is 29.1 Å². The standard InChI is InChI=1S/C22H23ClN2O4/c1-24-18-6-5-15(28-2)12-16(18)22(21(24)27)8-9-25(13-22)20(26)11-14-4-7-19(29-3)17(23)10-14/h4-7,10,12H,8-9,11,13H2,1-3H3/t22-/m1/s1. The van der Waals surface area contributed by atoms with E-state index in [1.54, 1.807) is 43.2 Å². The van der Waals surface area contributed by atoms with Crippen LogP contribution >= 0.6 is 11.6 Å². The lowest BCUT2D eigenvalue weighted by Gasteiger charge is -2.23. The van der Waals surface area contributed by atoms with Gasteiger partial charge in [0.25, 0.3) is 0 Å². The second kappa shape index (κ2) is 7.26. The number of nitrogens with zero attached hydrogens (tertiary/aromatic N) is 2. The first-order valence-corrected chi connectivity index (χ1v) is 9.84. The Labute approximate surface area is 174 Å². The summed E-state index contributed by atoms with van der Waals surface area (Å²) in [5.74, 6) is 1.30. The number of amides is 2. The molecule has 7 heteroatoms. The van der Waals surface area contributed by atoms with Gasteiger partial charge in [-0.3, -0.25) is 9.59 Å². The van der Waals surface area contributed by atoms with E-state index >= 15 is 0 Å². The predicted molar refractivity (Wildman–Crippen MR) is 111 cm³/mol. The van der Waals surface area contributed by atoms with Crippen LogP contribution in [-0.2, 0) is 21.4 Å². The molecule has 29 heavy (non-hydrogen) atoms. The van der Waals surface area contributed by atoms with Gasteiger partial charge in [-0.05, 0) is 47.9 Å². The molecular weight excluding hydrogens is 392 g/mol. The molecule has 2 aliphatic rings. The van der Waals surface area contributed by atoms with Gasteiger partial charge in [0.15, 0.2) is 0 Å². The van der Waals surface area contributed by atoms with Gasteiger partial charge in [0, 0.05) is 25.8 Å². The summed E-state index contributed by atoms with van der Waals surface area (Å²) in [5, 5.41) is 0.476. The third-order valence-corrected chi connectivity index (χ3v) is 6.28. The summed E-state index contributed by atoms with van der Waals surface area (Å²) in [7, 11) is 4.95. The van der Waals surface area contributed by atoms with Crippen LogP contribution in [0.4, 0.5) is 5.69 Å². The van der Waals surface area contributed by atoms with Crippen molar-refractivity contribution in [2.75, 3.05) is 39.3 Å². The number of hydrogen-bond donors (Lipinski definition) is 0. The van der Waals surface area contributed by atoms with Crippen LogP contribution in [0.25, 0.3) is 0 Å². The van der Waals surface area contributed by atoms with Gasteiger partial charge in [-0.25, -0.2) is 0 Å². The SMILES string of the molecule is COc1ccc2c(c1)[C@]1(CCN(C(=O)Cc3ccc(OC)c(Cl)c3)C1)C(=O)N2C. The summed E-state index contributed by atoms with van der Waals surface area (Å²) in [5.41, 5.74) is 1.93. The molecule has 0 unspecified atom stereocenters. The maximum atomic E-state index is 13.1. The van der Waals surface area contributed by atoms with Crippen LogP contribution in [0.5, 0.6) is 11.5 Å². The number of anilines is 1. The van der Waals surface area contributed by atoms with Crippen LogP contribution < -0.4 is 14.4 Å². The van der Waals surface area contributed by atoms with Gasteiger partial charge in [0.2, 0.25) is 11.8 Å². The Morgan fingerprint density at radius 1 is 1.17 bits per heavy atom. The molecule has 2 amide bonds. The van der Waals surface area contributed by atoms with Crippen molar-refractivity contribution in [3.8, 4) is 11.5 Å². The number of methoxy groups -OCH3 is 2. The Bertz CT molecular complexity index is 993. The first kappa shape index (κ1) is 19.6. The van der Waals surface area contributed by atoms with E-state index in [0.29, 0.717) is 36.0 Å². The number of fused-ring (bicyclic) bond motifs is 2. The van der Waals surface area contributed by atoms with E-state index in [9.17, 15) is 9.59 Å². The highest BCUT2D eigenvalue weighted by molar-refractivity contribution is 6.32. The molecule has 0 aliphatic carbocycles. The summed E-state index contributed by atoms with van der Waals surface area (Å²) < 4.78 is 10.5. The number of halogens is 1. The second-order valence-electron chi connectivity index (χ2n) is 7.54. The second-order valence-corrected chi connectivity index (χ2v) is 7.95. The van der Waals surface area contributed by atoms with Gasteiger partial charge in [-0.1, -0.05) is 17.7 Å². The molecule has 152 valence electrons. The predicted octanol–water partition coefficient (Wildman–Crippen LogP) is 3.05. The van der Waals surface area contributed by atoms with E-state index in [0.717, 1.165) is 16.8 Å². The molecule has 2 heterocycles. The Morgan fingerprint density at radius 3 is 2.66 bits per heavy atom. The number of likely N-dealkylation sites (tertiary alicyclic amines) is 1. The average Bonchev–Trinajstić information content (AvgIpc) is 3.26. The minimum Gasteiger partial charge on any atom is -0.497 e. The van der Waals surface area contributed by atoms with Gasteiger partial charge < -0.3 is 19.3 Å². The van der Waals surface area contributed by atoms with Crippen LogP contribution in [0.1, 0.15) is 17.5 Å². The lowest BCUT2D eigenvalue weighted by atomic mass is 9.81. The minimum absolute atomic E-state index is 0.0186. The van der Waals surface area contributed by atoms with E-state index in [-0.39, 0.29) is 18.2 Å². The average molecular weight is 415 g/mol. The molecule has 0 bridgehead atoms. The fraction of sp³-hybridized carbons (Fsp3) is 0.364. The molecule has 6 nitrogen and oxygen atoms in total. The quantitative estimate of drug-likeness (QED) is 0.771. The number of benzene rings is 2. The number of ether oxygens (including phenoxy) is 2. The molecule has 0 radical (unpaired) electrons. The Kier molecular flexibility index (Phi) is 4.90. The van der Waals surface area contributed by atoms with Crippen LogP contribution in [-0.4, -0.2) is 51.1 Å². The first-order chi connectivity index (χ1) is 13.9. The molecule has 2 aromatic carbocycles. The maximum Gasteiger partial charge on any atom is 0.239 e. The fourth-order valence-electron chi connectivity index (χ4n) is 4.39. The Balaban J connectivity index is 1.56. The topological polar surface area (TPSA) is 59.1 Å². The highest BCUT2D eigenvalue weighted by Gasteiger charge is 2.54. The van der Waals surface area contributed by atoms with Gasteiger partial charge in [-0.2, -0.15) is 0 Å². The van der Waals surface area contributed by atoms with Crippen LogP contribution in [0.15, 0.2) is 36.4 Å². The lowest BCUT2D eigenvalue weighted by molar-refractivity contribution is -0.130. The summed E-state index contributed by atoms with van der Waals surface area (Å²) in [6, 6.07) is 11.0. The minimum atomic E-state index is -0.703. The normalized spacial score (nSPS) is 20.3. The third-order valence-electron chi connectivity index (χ3n) is 5.99. The number of carbonyl (C=O) groups excluding carboxylic acids is 2. The van der Waals surface area contributed by atoms with Crippen molar-refractivity contribution < 1.29 is 19.1 Å². The van der Waals surface area contributed by atoms with Crippen LogP contribution in [0.2, 0.25) is 5.02 Å². The smallest absolute Gasteiger partial charge is 0.239 e. The third kappa shape index (κ3) is 3.12. The van der Waals surface area contributed by atoms with Gasteiger partial charge in [0.05, 0.1) is 31.1 Å². The van der Waals surface area contributed by atoms with Gasteiger partial charge >= 0.3 is 0 Å². The highest BCUT2D eigenvalue weighted by atomic mass is 35.5. The van der Waals surface area contributed by atoms with Crippen molar-refractivity contribution in [2.24, 2.45) is 0 Å². The summed E-state index contributed by atoms with van der Waals surface area (Å²) in [6.07, 6.45) is 0.834. The van der Waals surface area contributed by atoms with E-state index in [4.69, 9.17) is 21.1 Å². The van der Waals surface area contributed by atoms with Crippen LogP contribution in [0, 0.1) is 0 Å². The van der Waals surface area contributed by atoms with E-state index < -0.39 is 5.41 Å². The van der Waals surface area contributed by atoms with Crippen molar-refractivity contribution in [3.63, 3.8) is 0 Å². The zero-order valence-corrected chi connectivity index (χ0v) is 17.5. The molecular formula is C22H23ClN2O4. The first-order valence-electron chi connectivity index (χ1n) is 9.46. The number of rotatable bonds is 4. The summed E-state index contributed by atoms with van der Waals surface area (Å²) in [6.45, 7) is 0.915. The number of carbonyl (C=O) groups is 2. The molecule has 2 aliphatic heterocycles. The maximum absolute atomic E-state index is 13.1. The van der Waals surface area contributed by atoms with Crippen molar-refractivity contribution in [1.82, 2.24) is 4.90 Å². The lowest BCUT2D eigenvalue weighted by Crippen LogP contribution is -2.42. The molecule has 1 spiro atoms. The molecule has 1 fully saturated rings. The van der Waals surface area contributed by atoms with Crippen molar-refractivity contribution in [1.29, 1.82) is 0 Å². The fourth-order valence-corrected chi connectivity index (χ4v) is 4.67. The largest absolute Gasteiger partial charge is 0.497 e. The van der Waals surface area contributed by atoms with Crippen molar-refractivity contribution in [2.45, 2.75) is 18.3 Å². The highest BCUT2D eigenvalue weighted by Crippen LogP contribution is 2.48. The van der Waals surface area contributed by atoms with Gasteiger partial charge in [0.1, 0.15) is 11.5 Å². The number of hydrogen-bond acceptors (Lipinski definition) is 4. The molecule has 0 aromatic heterocycles. The molecule has 0 saturated carbocycles. The Hall–Kier alpha value is -2.73. The summed E-state index contributed by atoms with van der Waals surface area (Å²) >= 11 is 6.18. The zero-order valence-electron chi connectivity index (χ0n) is 16.7. The van der Waals surface area contributed by atoms with E-state index in [2.05, 4.69) is 0 Å². The number of likely N-dealkylation sites (N-methyl/N-ethyl adjacent to an activating group) is 1. The Morgan fingerprint density at radius 2 is 1.97 bits per heavy atom. The zero-order chi connectivity index (χ0) is 20.8. The molecule has 0 N–H and O–H groups in total. The van der Waals surface area contributed by atoms with Gasteiger partial charge in [-0.15, -0.1) is 0 Å². The molecule has 4 rings (SSSR count). The summed E-state index contributed by atoms with van der Waals surface area (Å²) in [4.78, 5) is 29.6. The van der Waals surface area contributed by atoms with E-state index in [1.165, 1.54) is 0 Å². The molecule has 2 aromatic rings. The molecule has 1 saturated heterocycles. The van der Waals surface area contributed by atoms with Crippen LogP contribution in [0.3, 0.4) is 0 Å². The monoisotopic (exact) mass is 414 g/mol. The van der Waals surface area contributed by atoms with E-state index in [1.807, 2.05) is 24.3 Å². The molecule has 1 atom stereocenters. The van der Waals surface area contributed by atoms with Crippen molar-refractivity contribution in [3.05, 3.63) is 52.5 Å².